The van der Waals surface area contributed by atoms with Crippen LogP contribution in [0.3, 0.4) is 0 Å². The molecule has 4 nitrogen and oxygen atoms in total. The Balaban J connectivity index is 1.95. The van der Waals surface area contributed by atoms with Crippen molar-refractivity contribution in [3.63, 3.8) is 0 Å². The summed E-state index contributed by atoms with van der Waals surface area (Å²) in [6.45, 7) is 2.27. The molecule has 0 aliphatic carbocycles. The molecule has 1 N–H and O–H groups in total. The van der Waals surface area contributed by atoms with Crippen molar-refractivity contribution in [2.75, 3.05) is 0 Å². The molecule has 1 aromatic heterocycles. The zero-order chi connectivity index (χ0) is 17.1. The second kappa shape index (κ2) is 7.11. The first-order valence-corrected chi connectivity index (χ1v) is 8.01. The number of aromatic nitrogens is 3. The Morgan fingerprint density at radius 3 is 2.71 bits per heavy atom. The maximum atomic E-state index is 13.6. The molecule has 0 spiro atoms. The standard InChI is InChI=1S/C18H18ClFN4/c1-12-9-13(7-8-16(12)20)18(14-5-3-4-6-15(14)19)21-10-17-22-11-23-24(17)2/h3-9,11,18,21H,10H2,1-2H3/t18-/m0/s1. The van der Waals surface area contributed by atoms with Gasteiger partial charge in [-0.3, -0.25) is 10.00 Å². The molecular weight excluding hydrogens is 327 g/mol. The summed E-state index contributed by atoms with van der Waals surface area (Å²) in [7, 11) is 1.84. The fraction of sp³-hybridized carbons (Fsp3) is 0.222. The zero-order valence-electron chi connectivity index (χ0n) is 13.5. The summed E-state index contributed by atoms with van der Waals surface area (Å²) in [5.41, 5.74) is 2.49. The molecule has 3 aromatic rings. The van der Waals surface area contributed by atoms with Crippen LogP contribution < -0.4 is 5.32 Å². The molecule has 124 valence electrons. The molecular formula is C18H18ClFN4. The van der Waals surface area contributed by atoms with Crippen LogP contribution in [0.5, 0.6) is 0 Å². The van der Waals surface area contributed by atoms with Gasteiger partial charge in [0.05, 0.1) is 12.6 Å². The SMILES string of the molecule is Cc1cc([C@H](NCc2ncnn2C)c2ccccc2Cl)ccc1F. The molecule has 0 aliphatic heterocycles. The van der Waals surface area contributed by atoms with Crippen molar-refractivity contribution >= 4 is 11.6 Å². The molecule has 24 heavy (non-hydrogen) atoms. The van der Waals surface area contributed by atoms with Crippen LogP contribution in [0.25, 0.3) is 0 Å². The van der Waals surface area contributed by atoms with Gasteiger partial charge in [0.1, 0.15) is 18.0 Å². The highest BCUT2D eigenvalue weighted by Gasteiger charge is 2.18. The minimum Gasteiger partial charge on any atom is -0.299 e. The molecule has 0 radical (unpaired) electrons. The lowest BCUT2D eigenvalue weighted by Gasteiger charge is -2.21. The number of benzene rings is 2. The van der Waals surface area contributed by atoms with Crippen molar-refractivity contribution in [3.05, 3.63) is 82.1 Å². The summed E-state index contributed by atoms with van der Waals surface area (Å²) in [6, 6.07) is 12.6. The lowest BCUT2D eigenvalue weighted by atomic mass is 9.97. The summed E-state index contributed by atoms with van der Waals surface area (Å²) < 4.78 is 15.4. The Kier molecular flexibility index (Phi) is 4.92. The maximum Gasteiger partial charge on any atom is 0.140 e. The van der Waals surface area contributed by atoms with Crippen molar-refractivity contribution in [2.45, 2.75) is 19.5 Å². The first-order chi connectivity index (χ1) is 11.6. The third-order valence-corrected chi connectivity index (χ3v) is 4.35. The normalized spacial score (nSPS) is 12.3. The van der Waals surface area contributed by atoms with Gasteiger partial charge in [-0.1, -0.05) is 41.9 Å². The van der Waals surface area contributed by atoms with Crippen molar-refractivity contribution in [2.24, 2.45) is 7.05 Å². The summed E-state index contributed by atoms with van der Waals surface area (Å²) in [4.78, 5) is 4.23. The average Bonchev–Trinajstić information content (AvgIpc) is 2.97. The molecule has 1 atom stereocenters. The minimum atomic E-state index is -0.218. The fourth-order valence-corrected chi connectivity index (χ4v) is 2.88. The van der Waals surface area contributed by atoms with Gasteiger partial charge >= 0.3 is 0 Å². The molecule has 1 heterocycles. The van der Waals surface area contributed by atoms with Gasteiger partial charge in [0.15, 0.2) is 0 Å². The first-order valence-electron chi connectivity index (χ1n) is 7.63. The van der Waals surface area contributed by atoms with Crippen LogP contribution in [-0.2, 0) is 13.6 Å². The van der Waals surface area contributed by atoms with E-state index in [4.69, 9.17) is 11.6 Å². The molecule has 0 saturated carbocycles. The number of halogens is 2. The number of hydrogen-bond acceptors (Lipinski definition) is 3. The van der Waals surface area contributed by atoms with Crippen LogP contribution in [0, 0.1) is 12.7 Å². The van der Waals surface area contributed by atoms with Crippen LogP contribution in [-0.4, -0.2) is 14.8 Å². The molecule has 0 saturated heterocycles. The van der Waals surface area contributed by atoms with Crippen molar-refractivity contribution in [1.82, 2.24) is 20.1 Å². The summed E-state index contributed by atoms with van der Waals surface area (Å²) >= 11 is 6.38. The molecule has 6 heteroatoms. The smallest absolute Gasteiger partial charge is 0.140 e. The minimum absolute atomic E-state index is 0.172. The van der Waals surface area contributed by atoms with Gasteiger partial charge in [-0.2, -0.15) is 5.10 Å². The Morgan fingerprint density at radius 2 is 2.04 bits per heavy atom. The average molecular weight is 345 g/mol. The lowest BCUT2D eigenvalue weighted by molar-refractivity contribution is 0.559. The van der Waals surface area contributed by atoms with E-state index in [0.717, 1.165) is 17.0 Å². The molecule has 0 amide bonds. The van der Waals surface area contributed by atoms with E-state index < -0.39 is 0 Å². The molecule has 0 fully saturated rings. The van der Waals surface area contributed by atoms with Gasteiger partial charge in [0.2, 0.25) is 0 Å². The van der Waals surface area contributed by atoms with Crippen molar-refractivity contribution < 1.29 is 4.39 Å². The largest absolute Gasteiger partial charge is 0.299 e. The Labute approximate surface area is 145 Å². The van der Waals surface area contributed by atoms with E-state index in [1.54, 1.807) is 17.7 Å². The van der Waals surface area contributed by atoms with Crippen molar-refractivity contribution in [1.29, 1.82) is 0 Å². The van der Waals surface area contributed by atoms with Crippen LogP contribution in [0.1, 0.15) is 28.6 Å². The van der Waals surface area contributed by atoms with Gasteiger partial charge in [-0.15, -0.1) is 0 Å². The van der Waals surface area contributed by atoms with Gasteiger partial charge in [-0.05, 0) is 35.7 Å². The third kappa shape index (κ3) is 3.47. The summed E-state index contributed by atoms with van der Waals surface area (Å²) in [5.74, 6) is 0.593. The second-order valence-corrected chi connectivity index (χ2v) is 6.05. The topological polar surface area (TPSA) is 42.7 Å². The molecule has 0 unspecified atom stereocenters. The fourth-order valence-electron chi connectivity index (χ4n) is 2.64. The number of hydrogen-bond donors (Lipinski definition) is 1. The predicted molar refractivity (Wildman–Crippen MR) is 92.3 cm³/mol. The van der Waals surface area contributed by atoms with E-state index in [2.05, 4.69) is 15.4 Å². The molecule has 2 aromatic carbocycles. The van der Waals surface area contributed by atoms with E-state index in [1.807, 2.05) is 37.4 Å². The Hall–Kier alpha value is -2.24. The first kappa shape index (κ1) is 16.6. The second-order valence-electron chi connectivity index (χ2n) is 5.64. The van der Waals surface area contributed by atoms with Gasteiger partial charge in [0, 0.05) is 12.1 Å². The van der Waals surface area contributed by atoms with Gasteiger partial charge in [0.25, 0.3) is 0 Å². The highest BCUT2D eigenvalue weighted by molar-refractivity contribution is 6.31. The predicted octanol–water partition coefficient (Wildman–Crippen LogP) is 3.80. The number of nitrogens with zero attached hydrogens (tertiary/aromatic N) is 3. The van der Waals surface area contributed by atoms with Crippen LogP contribution in [0.15, 0.2) is 48.8 Å². The number of aryl methyl sites for hydroxylation is 2. The lowest BCUT2D eigenvalue weighted by Crippen LogP contribution is -2.24. The Morgan fingerprint density at radius 1 is 1.25 bits per heavy atom. The quantitative estimate of drug-likeness (QED) is 0.765. The van der Waals surface area contributed by atoms with Crippen LogP contribution in [0.4, 0.5) is 4.39 Å². The van der Waals surface area contributed by atoms with Crippen molar-refractivity contribution in [3.8, 4) is 0 Å². The number of nitrogens with one attached hydrogen (secondary N) is 1. The highest BCUT2D eigenvalue weighted by Crippen LogP contribution is 2.29. The van der Waals surface area contributed by atoms with E-state index in [9.17, 15) is 4.39 Å². The van der Waals surface area contributed by atoms with E-state index in [0.29, 0.717) is 17.1 Å². The Bertz CT molecular complexity index is 847. The van der Waals surface area contributed by atoms with Gasteiger partial charge < -0.3 is 0 Å². The van der Waals surface area contributed by atoms with Crippen LogP contribution >= 0.6 is 11.6 Å². The van der Waals surface area contributed by atoms with E-state index in [-0.39, 0.29) is 11.9 Å². The summed E-state index contributed by atoms with van der Waals surface area (Å²) in [5, 5.41) is 8.19. The number of rotatable bonds is 5. The zero-order valence-corrected chi connectivity index (χ0v) is 14.3. The monoisotopic (exact) mass is 344 g/mol. The molecule has 3 rings (SSSR count). The van der Waals surface area contributed by atoms with Gasteiger partial charge in [-0.25, -0.2) is 9.37 Å². The van der Waals surface area contributed by atoms with E-state index in [1.165, 1.54) is 12.4 Å². The highest BCUT2D eigenvalue weighted by atomic mass is 35.5. The third-order valence-electron chi connectivity index (χ3n) is 4.00. The van der Waals surface area contributed by atoms with E-state index >= 15 is 0 Å². The van der Waals surface area contributed by atoms with Crippen LogP contribution in [0.2, 0.25) is 5.02 Å². The maximum absolute atomic E-state index is 13.6. The molecule has 0 aliphatic rings. The molecule has 0 bridgehead atoms. The summed E-state index contributed by atoms with van der Waals surface area (Å²) in [6.07, 6.45) is 1.52.